The van der Waals surface area contributed by atoms with E-state index in [0.717, 1.165) is 18.9 Å². The van der Waals surface area contributed by atoms with Gasteiger partial charge in [0.05, 0.1) is 5.69 Å². The summed E-state index contributed by atoms with van der Waals surface area (Å²) in [6, 6.07) is 3.01. The minimum absolute atomic E-state index is 0.716. The first-order chi connectivity index (χ1) is 9.24. The van der Waals surface area contributed by atoms with Crippen LogP contribution in [-0.4, -0.2) is 22.4 Å². The van der Waals surface area contributed by atoms with Crippen molar-refractivity contribution < 1.29 is 0 Å². The summed E-state index contributed by atoms with van der Waals surface area (Å²) in [5, 5.41) is 8.33. The molecule has 0 amide bonds. The molecule has 1 N–H and O–H groups in total. The van der Waals surface area contributed by atoms with Crippen LogP contribution in [0.4, 0.5) is 0 Å². The Morgan fingerprint density at radius 2 is 2.11 bits per heavy atom. The second-order valence-electron chi connectivity index (χ2n) is 5.91. The van der Waals surface area contributed by atoms with Crippen molar-refractivity contribution in [1.82, 2.24) is 15.1 Å². The monoisotopic (exact) mass is 263 g/mol. The van der Waals surface area contributed by atoms with Crippen LogP contribution in [0.3, 0.4) is 0 Å². The number of nitrogens with zero attached hydrogens (tertiary/aromatic N) is 2. The van der Waals surface area contributed by atoms with E-state index in [0.29, 0.717) is 6.04 Å². The van der Waals surface area contributed by atoms with E-state index >= 15 is 0 Å². The van der Waals surface area contributed by atoms with Crippen LogP contribution in [0.1, 0.15) is 57.3 Å². The van der Waals surface area contributed by atoms with Gasteiger partial charge in [0.15, 0.2) is 0 Å². The Kier molecular flexibility index (Phi) is 5.44. The van der Waals surface area contributed by atoms with Crippen LogP contribution in [0.15, 0.2) is 6.07 Å². The van der Waals surface area contributed by atoms with Crippen LogP contribution in [0.25, 0.3) is 0 Å². The van der Waals surface area contributed by atoms with Crippen molar-refractivity contribution in [2.75, 3.05) is 6.54 Å². The van der Waals surface area contributed by atoms with Gasteiger partial charge in [-0.05, 0) is 50.6 Å². The molecule has 0 aromatic carbocycles. The lowest BCUT2D eigenvalue weighted by Crippen LogP contribution is -2.40. The Morgan fingerprint density at radius 3 is 2.79 bits per heavy atom. The Bertz CT molecular complexity index is 383. The van der Waals surface area contributed by atoms with Gasteiger partial charge in [0.2, 0.25) is 0 Å². The predicted molar refractivity (Wildman–Crippen MR) is 80.3 cm³/mol. The van der Waals surface area contributed by atoms with E-state index < -0.39 is 0 Å². The van der Waals surface area contributed by atoms with E-state index in [9.17, 15) is 0 Å². The molecule has 3 heteroatoms. The highest BCUT2D eigenvalue weighted by atomic mass is 15.3. The molecule has 2 unspecified atom stereocenters. The van der Waals surface area contributed by atoms with Gasteiger partial charge < -0.3 is 5.32 Å². The topological polar surface area (TPSA) is 29.9 Å². The molecule has 1 heterocycles. The molecule has 2 atom stereocenters. The first-order valence-corrected chi connectivity index (χ1v) is 7.99. The summed E-state index contributed by atoms with van der Waals surface area (Å²) in [5.41, 5.74) is 2.64. The minimum Gasteiger partial charge on any atom is -0.314 e. The summed E-state index contributed by atoms with van der Waals surface area (Å²) < 4.78 is 2.09. The fourth-order valence-corrected chi connectivity index (χ4v) is 3.25. The lowest BCUT2D eigenvalue weighted by molar-refractivity contribution is 0.258. The molecule has 1 saturated carbocycles. The molecule has 0 radical (unpaired) electrons. The van der Waals surface area contributed by atoms with Crippen molar-refractivity contribution in [2.45, 2.75) is 64.8 Å². The van der Waals surface area contributed by atoms with E-state index in [1.54, 1.807) is 0 Å². The predicted octanol–water partition coefficient (Wildman–Crippen LogP) is 3.08. The van der Waals surface area contributed by atoms with Crippen LogP contribution in [-0.2, 0) is 19.9 Å². The lowest BCUT2D eigenvalue weighted by atomic mass is 9.81. The number of nitrogens with one attached hydrogen (secondary N) is 1. The highest BCUT2D eigenvalue weighted by molar-refractivity contribution is 5.11. The molecular formula is C16H29N3. The van der Waals surface area contributed by atoms with Gasteiger partial charge in [0.25, 0.3) is 0 Å². The molecule has 0 aliphatic heterocycles. The summed E-state index contributed by atoms with van der Waals surface area (Å²) >= 11 is 0. The number of aryl methyl sites for hydroxylation is 2. The van der Waals surface area contributed by atoms with Crippen LogP contribution in [0.2, 0.25) is 0 Å². The number of rotatable bonds is 6. The van der Waals surface area contributed by atoms with Crippen LogP contribution in [0.5, 0.6) is 0 Å². The maximum Gasteiger partial charge on any atom is 0.0624 e. The lowest BCUT2D eigenvalue weighted by Gasteiger charge is -2.32. The number of hydrogen-bond donors (Lipinski definition) is 1. The Morgan fingerprint density at radius 1 is 1.32 bits per heavy atom. The third-order valence-corrected chi connectivity index (χ3v) is 4.43. The van der Waals surface area contributed by atoms with Crippen molar-refractivity contribution in [3.63, 3.8) is 0 Å². The average Bonchev–Trinajstić information content (AvgIpc) is 2.78. The van der Waals surface area contributed by atoms with Gasteiger partial charge in [-0.25, -0.2) is 0 Å². The maximum atomic E-state index is 4.58. The van der Waals surface area contributed by atoms with Gasteiger partial charge in [-0.3, -0.25) is 4.68 Å². The molecule has 19 heavy (non-hydrogen) atoms. The first kappa shape index (κ1) is 14.6. The Labute approximate surface area is 117 Å². The van der Waals surface area contributed by atoms with Crippen molar-refractivity contribution in [3.05, 3.63) is 17.5 Å². The molecular weight excluding hydrogens is 234 g/mol. The summed E-state index contributed by atoms with van der Waals surface area (Å²) in [6.07, 6.45) is 8.96. The van der Waals surface area contributed by atoms with Crippen molar-refractivity contribution >= 4 is 0 Å². The normalized spacial score (nSPS) is 23.7. The second kappa shape index (κ2) is 7.09. The molecule has 0 spiro atoms. The number of aromatic nitrogens is 2. The summed E-state index contributed by atoms with van der Waals surface area (Å²) in [7, 11) is 2.09. The van der Waals surface area contributed by atoms with E-state index in [2.05, 4.69) is 42.1 Å². The van der Waals surface area contributed by atoms with E-state index in [1.165, 1.54) is 49.9 Å². The highest BCUT2D eigenvalue weighted by Gasteiger charge is 2.25. The average molecular weight is 263 g/mol. The van der Waals surface area contributed by atoms with E-state index in [4.69, 9.17) is 0 Å². The Hall–Kier alpha value is -0.830. The molecule has 1 aliphatic rings. The molecule has 2 rings (SSSR count). The third-order valence-electron chi connectivity index (χ3n) is 4.43. The maximum absolute atomic E-state index is 4.58. The standard InChI is InChI=1S/C16H29N3/c1-4-10-17-16-9-7-6-8-13(16)11-15-12-14(5-2)18-19(15)3/h12-13,16-17H,4-11H2,1-3H3. The fraction of sp³-hybridized carbons (Fsp3) is 0.812. The van der Waals surface area contributed by atoms with Gasteiger partial charge in [-0.2, -0.15) is 5.10 Å². The van der Waals surface area contributed by atoms with E-state index in [1.807, 2.05) is 0 Å². The summed E-state index contributed by atoms with van der Waals surface area (Å²) in [5.74, 6) is 0.792. The Balaban J connectivity index is 1.99. The van der Waals surface area contributed by atoms with Crippen molar-refractivity contribution in [2.24, 2.45) is 13.0 Å². The quantitative estimate of drug-likeness (QED) is 0.855. The van der Waals surface area contributed by atoms with Crippen molar-refractivity contribution in [1.29, 1.82) is 0 Å². The highest BCUT2D eigenvalue weighted by Crippen LogP contribution is 2.27. The SMILES string of the molecule is CCCNC1CCCCC1Cc1cc(CC)nn1C. The molecule has 1 aromatic rings. The van der Waals surface area contributed by atoms with Gasteiger partial charge in [0.1, 0.15) is 0 Å². The van der Waals surface area contributed by atoms with Crippen molar-refractivity contribution in [3.8, 4) is 0 Å². The van der Waals surface area contributed by atoms with Gasteiger partial charge in [-0.15, -0.1) is 0 Å². The minimum atomic E-state index is 0.716. The van der Waals surface area contributed by atoms with Gasteiger partial charge >= 0.3 is 0 Å². The smallest absolute Gasteiger partial charge is 0.0624 e. The molecule has 0 bridgehead atoms. The molecule has 1 fully saturated rings. The summed E-state index contributed by atoms with van der Waals surface area (Å²) in [6.45, 7) is 5.59. The molecule has 1 aromatic heterocycles. The molecule has 108 valence electrons. The zero-order chi connectivity index (χ0) is 13.7. The van der Waals surface area contributed by atoms with Crippen LogP contribution in [0, 0.1) is 5.92 Å². The fourth-order valence-electron chi connectivity index (χ4n) is 3.25. The van der Waals surface area contributed by atoms with Gasteiger partial charge in [-0.1, -0.05) is 26.7 Å². The molecule has 3 nitrogen and oxygen atoms in total. The van der Waals surface area contributed by atoms with Crippen LogP contribution < -0.4 is 5.32 Å². The van der Waals surface area contributed by atoms with Crippen LogP contribution >= 0.6 is 0 Å². The van der Waals surface area contributed by atoms with E-state index in [-0.39, 0.29) is 0 Å². The zero-order valence-electron chi connectivity index (χ0n) is 12.8. The van der Waals surface area contributed by atoms with Gasteiger partial charge in [0, 0.05) is 18.8 Å². The second-order valence-corrected chi connectivity index (χ2v) is 5.91. The molecule has 0 saturated heterocycles. The third kappa shape index (κ3) is 3.82. The summed E-state index contributed by atoms with van der Waals surface area (Å²) in [4.78, 5) is 0. The largest absolute Gasteiger partial charge is 0.314 e. The first-order valence-electron chi connectivity index (χ1n) is 7.99. The number of hydrogen-bond acceptors (Lipinski definition) is 2. The zero-order valence-corrected chi connectivity index (χ0v) is 12.8. The molecule has 1 aliphatic carbocycles.